The maximum absolute atomic E-state index is 3.60. The second-order valence-corrected chi connectivity index (χ2v) is 6.42. The van der Waals surface area contributed by atoms with E-state index in [0.29, 0.717) is 5.41 Å². The standard InChI is InChI=1S/C14H27N/c1-14(2)9-5-8-12(14)13(15-3)10-11-6-4-7-11/h11-13,15H,4-10H2,1-3H3. The van der Waals surface area contributed by atoms with Crippen molar-refractivity contribution >= 4 is 0 Å². The lowest BCUT2D eigenvalue weighted by molar-refractivity contribution is 0.158. The van der Waals surface area contributed by atoms with Crippen molar-refractivity contribution < 1.29 is 0 Å². The molecule has 2 aliphatic carbocycles. The zero-order chi connectivity index (χ0) is 10.9. The van der Waals surface area contributed by atoms with E-state index in [9.17, 15) is 0 Å². The third-order valence-electron chi connectivity index (χ3n) is 5.01. The lowest BCUT2D eigenvalue weighted by Crippen LogP contribution is -2.41. The summed E-state index contributed by atoms with van der Waals surface area (Å²) in [7, 11) is 2.16. The van der Waals surface area contributed by atoms with Crippen molar-refractivity contribution in [1.82, 2.24) is 5.32 Å². The van der Waals surface area contributed by atoms with Crippen LogP contribution < -0.4 is 5.32 Å². The molecule has 0 heterocycles. The molecule has 0 aromatic heterocycles. The maximum Gasteiger partial charge on any atom is 0.0100 e. The summed E-state index contributed by atoms with van der Waals surface area (Å²) >= 11 is 0. The molecule has 0 radical (unpaired) electrons. The van der Waals surface area contributed by atoms with Crippen LogP contribution >= 0.6 is 0 Å². The highest BCUT2D eigenvalue weighted by Gasteiger charge is 2.39. The molecule has 1 nitrogen and oxygen atoms in total. The highest BCUT2D eigenvalue weighted by Crippen LogP contribution is 2.46. The van der Waals surface area contributed by atoms with Gasteiger partial charge in [0, 0.05) is 6.04 Å². The van der Waals surface area contributed by atoms with E-state index in [1.165, 1.54) is 44.9 Å². The van der Waals surface area contributed by atoms with Crippen molar-refractivity contribution in [2.24, 2.45) is 17.3 Å². The Morgan fingerprint density at radius 1 is 1.20 bits per heavy atom. The molecule has 2 saturated carbocycles. The molecule has 0 saturated heterocycles. The predicted molar refractivity (Wildman–Crippen MR) is 65.9 cm³/mol. The first-order valence-corrected chi connectivity index (χ1v) is 6.81. The third kappa shape index (κ3) is 2.38. The first-order chi connectivity index (χ1) is 7.13. The normalized spacial score (nSPS) is 32.6. The van der Waals surface area contributed by atoms with Crippen molar-refractivity contribution in [3.05, 3.63) is 0 Å². The van der Waals surface area contributed by atoms with Gasteiger partial charge in [-0.3, -0.25) is 0 Å². The van der Waals surface area contributed by atoms with Gasteiger partial charge in [0.15, 0.2) is 0 Å². The second-order valence-electron chi connectivity index (χ2n) is 6.42. The minimum Gasteiger partial charge on any atom is -0.317 e. The molecular weight excluding hydrogens is 182 g/mol. The van der Waals surface area contributed by atoms with Crippen LogP contribution in [0, 0.1) is 17.3 Å². The van der Waals surface area contributed by atoms with E-state index in [2.05, 4.69) is 26.2 Å². The van der Waals surface area contributed by atoms with Gasteiger partial charge in [0.1, 0.15) is 0 Å². The van der Waals surface area contributed by atoms with Crippen molar-refractivity contribution in [2.45, 2.75) is 64.8 Å². The smallest absolute Gasteiger partial charge is 0.0100 e. The predicted octanol–water partition coefficient (Wildman–Crippen LogP) is 3.59. The topological polar surface area (TPSA) is 12.0 Å². The molecule has 1 heteroatoms. The number of nitrogens with one attached hydrogen (secondary N) is 1. The molecule has 2 unspecified atom stereocenters. The van der Waals surface area contributed by atoms with Crippen molar-refractivity contribution in [1.29, 1.82) is 0 Å². The van der Waals surface area contributed by atoms with Crippen LogP contribution in [0.3, 0.4) is 0 Å². The van der Waals surface area contributed by atoms with Gasteiger partial charge in [-0.1, -0.05) is 39.5 Å². The van der Waals surface area contributed by atoms with E-state index in [4.69, 9.17) is 0 Å². The molecule has 0 aromatic rings. The van der Waals surface area contributed by atoms with Gasteiger partial charge in [0.05, 0.1) is 0 Å². The molecule has 15 heavy (non-hydrogen) atoms. The fourth-order valence-corrected chi connectivity index (χ4v) is 3.67. The highest BCUT2D eigenvalue weighted by molar-refractivity contribution is 4.93. The van der Waals surface area contributed by atoms with Gasteiger partial charge in [-0.05, 0) is 43.6 Å². The van der Waals surface area contributed by atoms with Gasteiger partial charge in [-0.15, -0.1) is 0 Å². The minimum absolute atomic E-state index is 0.581. The molecule has 2 rings (SSSR count). The molecular formula is C14H27N. The average molecular weight is 209 g/mol. The van der Waals surface area contributed by atoms with Gasteiger partial charge < -0.3 is 5.32 Å². The summed E-state index contributed by atoms with van der Waals surface area (Å²) in [6, 6.07) is 0.785. The Bertz CT molecular complexity index is 205. The van der Waals surface area contributed by atoms with Crippen molar-refractivity contribution in [3.63, 3.8) is 0 Å². The van der Waals surface area contributed by atoms with Crippen LogP contribution in [-0.2, 0) is 0 Å². The lowest BCUT2D eigenvalue weighted by atomic mass is 9.72. The van der Waals surface area contributed by atoms with Crippen LogP contribution in [0.1, 0.15) is 58.8 Å². The Balaban J connectivity index is 1.92. The van der Waals surface area contributed by atoms with Crippen LogP contribution in [0.15, 0.2) is 0 Å². The SMILES string of the molecule is CNC(CC1CCC1)C1CCCC1(C)C. The largest absolute Gasteiger partial charge is 0.317 e. The molecule has 2 atom stereocenters. The van der Waals surface area contributed by atoms with E-state index in [0.717, 1.165) is 17.9 Å². The molecule has 0 aliphatic heterocycles. The van der Waals surface area contributed by atoms with E-state index >= 15 is 0 Å². The average Bonchev–Trinajstić information content (AvgIpc) is 2.45. The van der Waals surface area contributed by atoms with Gasteiger partial charge in [0.2, 0.25) is 0 Å². The number of hydrogen-bond donors (Lipinski definition) is 1. The quantitative estimate of drug-likeness (QED) is 0.746. The Kier molecular flexibility index (Phi) is 3.39. The minimum atomic E-state index is 0.581. The summed E-state index contributed by atoms with van der Waals surface area (Å²) in [5, 5.41) is 3.60. The van der Waals surface area contributed by atoms with E-state index in [-0.39, 0.29) is 0 Å². The summed E-state index contributed by atoms with van der Waals surface area (Å²) < 4.78 is 0. The van der Waals surface area contributed by atoms with Crippen LogP contribution in [0.2, 0.25) is 0 Å². The molecule has 1 N–H and O–H groups in total. The zero-order valence-corrected chi connectivity index (χ0v) is 10.7. The van der Waals surface area contributed by atoms with Gasteiger partial charge in [0.25, 0.3) is 0 Å². The second kappa shape index (κ2) is 4.45. The van der Waals surface area contributed by atoms with Gasteiger partial charge >= 0.3 is 0 Å². The van der Waals surface area contributed by atoms with Crippen molar-refractivity contribution in [3.8, 4) is 0 Å². The fourth-order valence-electron chi connectivity index (χ4n) is 3.67. The molecule has 2 fully saturated rings. The summed E-state index contributed by atoms with van der Waals surface area (Å²) in [6.45, 7) is 4.94. The van der Waals surface area contributed by atoms with Gasteiger partial charge in [-0.2, -0.15) is 0 Å². The summed E-state index contributed by atoms with van der Waals surface area (Å²) in [5.41, 5.74) is 0.581. The van der Waals surface area contributed by atoms with Gasteiger partial charge in [-0.25, -0.2) is 0 Å². The Labute approximate surface area is 95.0 Å². The zero-order valence-electron chi connectivity index (χ0n) is 10.7. The summed E-state index contributed by atoms with van der Waals surface area (Å²) in [5.74, 6) is 1.96. The van der Waals surface area contributed by atoms with Crippen molar-refractivity contribution in [2.75, 3.05) is 7.05 Å². The number of rotatable bonds is 4. The first-order valence-electron chi connectivity index (χ1n) is 6.81. The fraction of sp³-hybridized carbons (Fsp3) is 1.00. The van der Waals surface area contributed by atoms with E-state index in [1.807, 2.05) is 0 Å². The summed E-state index contributed by atoms with van der Waals surface area (Å²) in [4.78, 5) is 0. The Hall–Kier alpha value is -0.0400. The summed E-state index contributed by atoms with van der Waals surface area (Å²) in [6.07, 6.45) is 10.2. The first kappa shape index (κ1) is 11.4. The molecule has 0 aromatic carbocycles. The Morgan fingerprint density at radius 2 is 1.93 bits per heavy atom. The van der Waals surface area contributed by atoms with Crippen LogP contribution in [-0.4, -0.2) is 13.1 Å². The van der Waals surface area contributed by atoms with Crippen LogP contribution in [0.25, 0.3) is 0 Å². The number of hydrogen-bond acceptors (Lipinski definition) is 1. The lowest BCUT2D eigenvalue weighted by Gasteiger charge is -2.38. The third-order valence-corrected chi connectivity index (χ3v) is 5.01. The van der Waals surface area contributed by atoms with Crippen LogP contribution in [0.4, 0.5) is 0 Å². The maximum atomic E-state index is 3.60. The molecule has 88 valence electrons. The Morgan fingerprint density at radius 3 is 2.33 bits per heavy atom. The van der Waals surface area contributed by atoms with E-state index < -0.39 is 0 Å². The van der Waals surface area contributed by atoms with E-state index in [1.54, 1.807) is 0 Å². The molecule has 0 spiro atoms. The van der Waals surface area contributed by atoms with Crippen LogP contribution in [0.5, 0.6) is 0 Å². The molecule has 2 aliphatic rings. The monoisotopic (exact) mass is 209 g/mol. The molecule has 0 amide bonds. The molecule has 0 bridgehead atoms. The highest BCUT2D eigenvalue weighted by atomic mass is 14.9.